The molecule has 2 N–H and O–H groups in total. The fourth-order valence-corrected chi connectivity index (χ4v) is 1.70. The van der Waals surface area contributed by atoms with Crippen LogP contribution in [0.2, 0.25) is 0 Å². The summed E-state index contributed by atoms with van der Waals surface area (Å²) in [4.78, 5) is 0. The van der Waals surface area contributed by atoms with Crippen molar-refractivity contribution < 1.29 is 14.0 Å². The van der Waals surface area contributed by atoms with Crippen molar-refractivity contribution in [3.8, 4) is 11.5 Å². The Kier molecular flexibility index (Phi) is 4.41. The molecule has 0 radical (unpaired) electrons. The third-order valence-electron chi connectivity index (χ3n) is 2.60. The van der Waals surface area contributed by atoms with Crippen LogP contribution in [0.5, 0.6) is 11.5 Å². The molecule has 19 heavy (non-hydrogen) atoms. The zero-order valence-corrected chi connectivity index (χ0v) is 11.2. The van der Waals surface area contributed by atoms with Crippen molar-refractivity contribution in [2.24, 2.45) is 5.73 Å². The third-order valence-corrected chi connectivity index (χ3v) is 2.60. The van der Waals surface area contributed by atoms with Gasteiger partial charge in [-0.2, -0.15) is 0 Å². The Morgan fingerprint density at radius 3 is 2.68 bits per heavy atom. The Morgan fingerprint density at radius 2 is 2.05 bits per heavy atom. The Hall–Kier alpha value is -2.01. The number of aryl methyl sites for hydroxylation is 1. The molecule has 2 aromatic rings. The Bertz CT molecular complexity index is 537. The molecule has 102 valence electrons. The molecule has 0 bridgehead atoms. The van der Waals surface area contributed by atoms with E-state index in [4.69, 9.17) is 19.7 Å². The minimum absolute atomic E-state index is 0.347. The number of rotatable bonds is 6. The summed E-state index contributed by atoms with van der Waals surface area (Å²) in [5, 5.41) is 3.88. The van der Waals surface area contributed by atoms with Gasteiger partial charge in [0.05, 0.1) is 6.61 Å². The maximum atomic E-state index is 5.70. The van der Waals surface area contributed by atoms with Crippen molar-refractivity contribution in [1.29, 1.82) is 0 Å². The lowest BCUT2D eigenvalue weighted by atomic mass is 10.2. The van der Waals surface area contributed by atoms with Gasteiger partial charge in [0.2, 0.25) is 0 Å². The Morgan fingerprint density at radius 1 is 1.21 bits per heavy atom. The van der Waals surface area contributed by atoms with Crippen molar-refractivity contribution in [3.05, 3.63) is 41.3 Å². The molecule has 5 nitrogen and oxygen atoms in total. The van der Waals surface area contributed by atoms with Gasteiger partial charge in [0.25, 0.3) is 0 Å². The van der Waals surface area contributed by atoms with Crippen LogP contribution in [0.15, 0.2) is 28.8 Å². The monoisotopic (exact) mass is 262 g/mol. The van der Waals surface area contributed by atoms with E-state index in [1.54, 1.807) is 0 Å². The van der Waals surface area contributed by atoms with Crippen molar-refractivity contribution in [2.45, 2.75) is 27.0 Å². The second-order valence-electron chi connectivity index (χ2n) is 4.14. The van der Waals surface area contributed by atoms with Gasteiger partial charge in [-0.3, -0.25) is 0 Å². The maximum absolute atomic E-state index is 5.70. The van der Waals surface area contributed by atoms with E-state index in [-0.39, 0.29) is 0 Å². The highest BCUT2D eigenvalue weighted by atomic mass is 16.5. The number of ether oxygens (including phenoxy) is 2. The van der Waals surface area contributed by atoms with Gasteiger partial charge in [-0.15, -0.1) is 0 Å². The number of nitrogens with two attached hydrogens (primary N) is 1. The van der Waals surface area contributed by atoms with E-state index in [1.165, 1.54) is 0 Å². The van der Waals surface area contributed by atoms with Crippen molar-refractivity contribution in [2.75, 3.05) is 6.61 Å². The van der Waals surface area contributed by atoms with E-state index in [0.717, 1.165) is 17.0 Å². The minimum atomic E-state index is 0.347. The molecule has 5 heteroatoms. The van der Waals surface area contributed by atoms with Crippen LogP contribution in [0, 0.1) is 6.92 Å². The summed E-state index contributed by atoms with van der Waals surface area (Å²) in [7, 11) is 0. The summed E-state index contributed by atoms with van der Waals surface area (Å²) in [5.74, 6) is 2.15. The van der Waals surface area contributed by atoms with Gasteiger partial charge in [-0.05, 0) is 31.5 Å². The number of nitrogens with zero attached hydrogens (tertiary/aromatic N) is 1. The van der Waals surface area contributed by atoms with E-state index in [9.17, 15) is 0 Å². The lowest BCUT2D eigenvalue weighted by Gasteiger charge is -2.12. The molecule has 1 aromatic heterocycles. The maximum Gasteiger partial charge on any atom is 0.161 e. The van der Waals surface area contributed by atoms with E-state index in [2.05, 4.69) is 5.16 Å². The van der Waals surface area contributed by atoms with E-state index in [1.807, 2.05) is 38.1 Å². The number of aromatic nitrogens is 1. The molecule has 2 rings (SSSR count). The van der Waals surface area contributed by atoms with Crippen LogP contribution in [0.4, 0.5) is 0 Å². The SMILES string of the molecule is CCOc1cc(CN)ccc1OCc1cc(C)on1. The highest BCUT2D eigenvalue weighted by Gasteiger charge is 2.08. The highest BCUT2D eigenvalue weighted by Crippen LogP contribution is 2.29. The topological polar surface area (TPSA) is 70.5 Å². The van der Waals surface area contributed by atoms with Crippen molar-refractivity contribution in [3.63, 3.8) is 0 Å². The zero-order valence-electron chi connectivity index (χ0n) is 11.2. The normalized spacial score (nSPS) is 10.5. The summed E-state index contributed by atoms with van der Waals surface area (Å²) < 4.78 is 16.2. The number of hydrogen-bond acceptors (Lipinski definition) is 5. The van der Waals surface area contributed by atoms with Crippen molar-refractivity contribution in [1.82, 2.24) is 5.16 Å². The van der Waals surface area contributed by atoms with Gasteiger partial charge < -0.3 is 19.7 Å². The van der Waals surface area contributed by atoms with E-state index in [0.29, 0.717) is 31.3 Å². The highest BCUT2D eigenvalue weighted by molar-refractivity contribution is 5.43. The average Bonchev–Trinajstić information content (AvgIpc) is 2.83. The van der Waals surface area contributed by atoms with Gasteiger partial charge >= 0.3 is 0 Å². The van der Waals surface area contributed by atoms with Crippen LogP contribution in [0.1, 0.15) is 23.9 Å². The molecule has 0 aliphatic heterocycles. The fraction of sp³-hybridized carbons (Fsp3) is 0.357. The third kappa shape index (κ3) is 3.48. The smallest absolute Gasteiger partial charge is 0.161 e. The first-order valence-electron chi connectivity index (χ1n) is 6.23. The predicted octanol–water partition coefficient (Wildman–Crippen LogP) is 2.42. The molecule has 0 saturated heterocycles. The molecular formula is C14H18N2O3. The van der Waals surface area contributed by atoms with Crippen LogP contribution in [0.3, 0.4) is 0 Å². The number of benzene rings is 1. The standard InChI is InChI=1S/C14H18N2O3/c1-3-17-14-7-11(8-15)4-5-13(14)18-9-12-6-10(2)19-16-12/h4-7H,3,8-9,15H2,1-2H3. The van der Waals surface area contributed by atoms with Crippen LogP contribution >= 0.6 is 0 Å². The zero-order chi connectivity index (χ0) is 13.7. The van der Waals surface area contributed by atoms with Crippen LogP contribution < -0.4 is 15.2 Å². The quantitative estimate of drug-likeness (QED) is 0.865. The van der Waals surface area contributed by atoms with Gasteiger partial charge in [0.1, 0.15) is 18.1 Å². The average molecular weight is 262 g/mol. The van der Waals surface area contributed by atoms with E-state index >= 15 is 0 Å². The second-order valence-corrected chi connectivity index (χ2v) is 4.14. The fourth-order valence-electron chi connectivity index (χ4n) is 1.70. The van der Waals surface area contributed by atoms with Gasteiger partial charge in [-0.25, -0.2) is 0 Å². The van der Waals surface area contributed by atoms with E-state index < -0.39 is 0 Å². The van der Waals surface area contributed by atoms with Gasteiger partial charge in [-0.1, -0.05) is 11.2 Å². The second kappa shape index (κ2) is 6.24. The summed E-state index contributed by atoms with van der Waals surface area (Å²) in [6.45, 7) is 5.17. The molecule has 0 fully saturated rings. The van der Waals surface area contributed by atoms with Gasteiger partial charge in [0, 0.05) is 12.6 Å². The molecule has 0 atom stereocenters. The van der Waals surface area contributed by atoms with Crippen LogP contribution in [-0.2, 0) is 13.2 Å². The summed E-state index contributed by atoms with van der Waals surface area (Å²) >= 11 is 0. The van der Waals surface area contributed by atoms with Crippen molar-refractivity contribution >= 4 is 0 Å². The molecule has 0 unspecified atom stereocenters. The summed E-state index contributed by atoms with van der Waals surface area (Å²) in [6, 6.07) is 7.52. The molecule has 1 heterocycles. The summed E-state index contributed by atoms with van der Waals surface area (Å²) in [5.41, 5.74) is 7.37. The molecular weight excluding hydrogens is 244 g/mol. The first-order chi connectivity index (χ1) is 9.22. The first kappa shape index (κ1) is 13.4. The summed E-state index contributed by atoms with van der Waals surface area (Å²) in [6.07, 6.45) is 0. The van der Waals surface area contributed by atoms with Crippen LogP contribution in [-0.4, -0.2) is 11.8 Å². The molecule has 0 saturated carbocycles. The Labute approximate surface area is 112 Å². The molecule has 0 spiro atoms. The first-order valence-corrected chi connectivity index (χ1v) is 6.23. The predicted molar refractivity (Wildman–Crippen MR) is 71.1 cm³/mol. The number of hydrogen-bond donors (Lipinski definition) is 1. The molecule has 0 aliphatic carbocycles. The molecule has 1 aromatic carbocycles. The van der Waals surface area contributed by atoms with Crippen LogP contribution in [0.25, 0.3) is 0 Å². The lowest BCUT2D eigenvalue weighted by Crippen LogP contribution is -2.02. The molecule has 0 amide bonds. The lowest BCUT2D eigenvalue weighted by molar-refractivity contribution is 0.260. The van der Waals surface area contributed by atoms with Gasteiger partial charge in [0.15, 0.2) is 11.5 Å². The Balaban J connectivity index is 2.10. The largest absolute Gasteiger partial charge is 0.490 e. The molecule has 0 aliphatic rings. The minimum Gasteiger partial charge on any atom is -0.490 e.